The molecule has 0 spiro atoms. The lowest BCUT2D eigenvalue weighted by Crippen LogP contribution is -2.18. The zero-order valence-electron chi connectivity index (χ0n) is 11.4. The Hall–Kier alpha value is -2.39. The van der Waals surface area contributed by atoms with Crippen LogP contribution in [0.3, 0.4) is 0 Å². The van der Waals surface area contributed by atoms with Gasteiger partial charge in [-0.25, -0.2) is 0 Å². The number of hydrogen-bond acceptors (Lipinski definition) is 5. The molecule has 2 rings (SSSR count). The highest BCUT2D eigenvalue weighted by molar-refractivity contribution is 5.27. The lowest BCUT2D eigenvalue weighted by molar-refractivity contribution is 0.368. The molecule has 2 aromatic rings. The summed E-state index contributed by atoms with van der Waals surface area (Å²) in [5.74, 6) is 1.69. The molecule has 1 aromatic carbocycles. The Labute approximate surface area is 118 Å². The van der Waals surface area contributed by atoms with E-state index in [-0.39, 0.29) is 6.61 Å². The summed E-state index contributed by atoms with van der Waals surface area (Å²) in [5, 5.41) is 19.7. The van der Waals surface area contributed by atoms with Crippen molar-refractivity contribution in [2.75, 3.05) is 13.2 Å². The van der Waals surface area contributed by atoms with Crippen molar-refractivity contribution in [3.05, 3.63) is 42.0 Å². The number of nitriles is 1. The first kappa shape index (κ1) is 14.0. The highest BCUT2D eigenvalue weighted by Crippen LogP contribution is 2.11. The third-order valence-electron chi connectivity index (χ3n) is 2.89. The van der Waals surface area contributed by atoms with Crippen molar-refractivity contribution in [3.8, 4) is 11.8 Å². The Morgan fingerprint density at radius 1 is 1.35 bits per heavy atom. The molecule has 0 bridgehead atoms. The smallest absolute Gasteiger partial charge is 0.174 e. The van der Waals surface area contributed by atoms with E-state index in [1.807, 2.05) is 41.9 Å². The molecule has 0 atom stereocenters. The van der Waals surface area contributed by atoms with Gasteiger partial charge in [0, 0.05) is 26.6 Å². The molecule has 0 saturated heterocycles. The van der Waals surface area contributed by atoms with Crippen molar-refractivity contribution < 1.29 is 4.74 Å². The van der Waals surface area contributed by atoms with Crippen LogP contribution in [0.5, 0.6) is 5.75 Å². The topological polar surface area (TPSA) is 75.8 Å². The van der Waals surface area contributed by atoms with Crippen LogP contribution in [-0.4, -0.2) is 27.9 Å². The maximum absolute atomic E-state index is 8.43. The average molecular weight is 271 g/mol. The fraction of sp³-hybridized carbons (Fsp3) is 0.357. The van der Waals surface area contributed by atoms with Crippen LogP contribution in [-0.2, 0) is 20.0 Å². The number of rotatable bonds is 7. The summed E-state index contributed by atoms with van der Waals surface area (Å²) < 4.78 is 7.12. The van der Waals surface area contributed by atoms with E-state index in [9.17, 15) is 0 Å². The van der Waals surface area contributed by atoms with Crippen LogP contribution in [0.15, 0.2) is 30.6 Å². The molecule has 0 saturated carbocycles. The maximum atomic E-state index is 8.43. The van der Waals surface area contributed by atoms with Crippen LogP contribution in [0.25, 0.3) is 0 Å². The van der Waals surface area contributed by atoms with E-state index in [1.54, 1.807) is 6.33 Å². The minimum Gasteiger partial charge on any atom is -0.479 e. The molecule has 0 unspecified atom stereocenters. The Morgan fingerprint density at radius 2 is 2.15 bits per heavy atom. The average Bonchev–Trinajstić information content (AvgIpc) is 2.88. The van der Waals surface area contributed by atoms with Gasteiger partial charge in [0.2, 0.25) is 0 Å². The molecule has 1 N–H and O–H groups in total. The van der Waals surface area contributed by atoms with Gasteiger partial charge in [0.05, 0.1) is 0 Å². The van der Waals surface area contributed by atoms with Crippen molar-refractivity contribution in [1.29, 1.82) is 5.26 Å². The third-order valence-corrected chi connectivity index (χ3v) is 2.89. The lowest BCUT2D eigenvalue weighted by Gasteiger charge is -2.06. The van der Waals surface area contributed by atoms with Crippen molar-refractivity contribution in [1.82, 2.24) is 20.1 Å². The predicted molar refractivity (Wildman–Crippen MR) is 74.0 cm³/mol. The minimum absolute atomic E-state index is 0.0787. The third kappa shape index (κ3) is 4.07. The number of nitrogens with zero attached hydrogens (tertiary/aromatic N) is 4. The highest BCUT2D eigenvalue weighted by atomic mass is 16.5. The summed E-state index contributed by atoms with van der Waals surface area (Å²) in [5.41, 5.74) is 1.17. The van der Waals surface area contributed by atoms with E-state index in [1.165, 1.54) is 5.56 Å². The van der Waals surface area contributed by atoms with Crippen LogP contribution in [0.2, 0.25) is 0 Å². The van der Waals surface area contributed by atoms with Crippen molar-refractivity contribution in [2.24, 2.45) is 7.05 Å². The molecule has 1 heterocycles. The summed E-state index contributed by atoms with van der Waals surface area (Å²) in [4.78, 5) is 0. The molecule has 6 heteroatoms. The second kappa shape index (κ2) is 7.26. The van der Waals surface area contributed by atoms with E-state index >= 15 is 0 Å². The Kier molecular flexibility index (Phi) is 5.09. The van der Waals surface area contributed by atoms with Gasteiger partial charge in [-0.15, -0.1) is 10.2 Å². The zero-order chi connectivity index (χ0) is 14.2. The largest absolute Gasteiger partial charge is 0.479 e. The standard InChI is InChI=1S/C14H17N5O/c1-19-11-17-18-14(19)6-8-16-10-12-2-4-13(5-3-12)20-9-7-15/h2-5,11,16H,6,8-10H2,1H3. The first-order chi connectivity index (χ1) is 9.79. The van der Waals surface area contributed by atoms with Gasteiger partial charge in [-0.3, -0.25) is 0 Å². The number of aromatic nitrogens is 3. The Bertz CT molecular complexity index is 570. The first-order valence-electron chi connectivity index (χ1n) is 6.42. The van der Waals surface area contributed by atoms with Gasteiger partial charge in [-0.1, -0.05) is 12.1 Å². The molecule has 0 aliphatic carbocycles. The zero-order valence-corrected chi connectivity index (χ0v) is 11.4. The van der Waals surface area contributed by atoms with E-state index < -0.39 is 0 Å². The van der Waals surface area contributed by atoms with E-state index in [2.05, 4.69) is 15.5 Å². The minimum atomic E-state index is 0.0787. The second-order valence-corrected chi connectivity index (χ2v) is 4.38. The number of aryl methyl sites for hydroxylation is 1. The molecule has 1 aromatic heterocycles. The van der Waals surface area contributed by atoms with Gasteiger partial charge in [-0.05, 0) is 17.7 Å². The molecule has 104 valence electrons. The molecule has 0 amide bonds. The fourth-order valence-electron chi connectivity index (χ4n) is 1.79. The first-order valence-corrected chi connectivity index (χ1v) is 6.42. The summed E-state index contributed by atoms with van der Waals surface area (Å²) >= 11 is 0. The van der Waals surface area contributed by atoms with E-state index in [0.717, 1.165) is 31.1 Å². The summed E-state index contributed by atoms with van der Waals surface area (Å²) in [6.07, 6.45) is 2.55. The van der Waals surface area contributed by atoms with Gasteiger partial charge in [0.25, 0.3) is 0 Å². The second-order valence-electron chi connectivity index (χ2n) is 4.38. The molecule has 0 radical (unpaired) electrons. The number of nitrogens with one attached hydrogen (secondary N) is 1. The molecule has 0 aliphatic heterocycles. The SMILES string of the molecule is Cn1cnnc1CCNCc1ccc(OCC#N)cc1. The predicted octanol–water partition coefficient (Wildman–Crippen LogP) is 1.05. The summed E-state index contributed by atoms with van der Waals surface area (Å²) in [7, 11) is 1.94. The Balaban J connectivity index is 1.71. The van der Waals surface area contributed by atoms with Crippen LogP contribution < -0.4 is 10.1 Å². The number of benzene rings is 1. The van der Waals surface area contributed by atoms with Gasteiger partial charge < -0.3 is 14.6 Å². The monoisotopic (exact) mass is 271 g/mol. The molecular formula is C14H17N5O. The van der Waals surface area contributed by atoms with Crippen molar-refractivity contribution in [2.45, 2.75) is 13.0 Å². The molecular weight excluding hydrogens is 254 g/mol. The number of hydrogen-bond donors (Lipinski definition) is 1. The van der Waals surface area contributed by atoms with Crippen LogP contribution >= 0.6 is 0 Å². The van der Waals surface area contributed by atoms with Gasteiger partial charge in [0.15, 0.2) is 6.61 Å². The normalized spacial score (nSPS) is 10.2. The fourth-order valence-corrected chi connectivity index (χ4v) is 1.79. The highest BCUT2D eigenvalue weighted by Gasteiger charge is 2.00. The quantitative estimate of drug-likeness (QED) is 0.762. The van der Waals surface area contributed by atoms with Gasteiger partial charge in [-0.2, -0.15) is 5.26 Å². The van der Waals surface area contributed by atoms with E-state index in [0.29, 0.717) is 0 Å². The molecule has 6 nitrogen and oxygen atoms in total. The summed E-state index contributed by atoms with van der Waals surface area (Å²) in [6, 6.07) is 9.66. The van der Waals surface area contributed by atoms with Gasteiger partial charge in [0.1, 0.15) is 24.0 Å². The Morgan fingerprint density at radius 3 is 2.80 bits per heavy atom. The van der Waals surface area contributed by atoms with E-state index in [4.69, 9.17) is 10.00 Å². The molecule has 20 heavy (non-hydrogen) atoms. The molecule has 0 aliphatic rings. The lowest BCUT2D eigenvalue weighted by atomic mass is 10.2. The maximum Gasteiger partial charge on any atom is 0.174 e. The summed E-state index contributed by atoms with van der Waals surface area (Å²) in [6.45, 7) is 1.71. The van der Waals surface area contributed by atoms with Crippen molar-refractivity contribution in [3.63, 3.8) is 0 Å². The van der Waals surface area contributed by atoms with Crippen LogP contribution in [0.4, 0.5) is 0 Å². The van der Waals surface area contributed by atoms with Crippen molar-refractivity contribution >= 4 is 0 Å². The molecule has 0 fully saturated rings. The number of ether oxygens (including phenoxy) is 1. The van der Waals surface area contributed by atoms with Gasteiger partial charge >= 0.3 is 0 Å². The van der Waals surface area contributed by atoms with Crippen LogP contribution in [0, 0.1) is 11.3 Å². The van der Waals surface area contributed by atoms with Crippen LogP contribution in [0.1, 0.15) is 11.4 Å².